The molecule has 0 aromatic heterocycles. The molecule has 1 aliphatic rings. The lowest BCUT2D eigenvalue weighted by Gasteiger charge is -2.14. The molecule has 1 N–H and O–H groups in total. The van der Waals surface area contributed by atoms with Crippen molar-refractivity contribution in [1.82, 2.24) is 5.32 Å². The lowest BCUT2D eigenvalue weighted by molar-refractivity contribution is -0.138. The van der Waals surface area contributed by atoms with E-state index in [4.69, 9.17) is 12.2 Å². The van der Waals surface area contributed by atoms with Gasteiger partial charge < -0.3 is 10.1 Å². The van der Waals surface area contributed by atoms with Gasteiger partial charge >= 0.3 is 0 Å². The molecule has 0 saturated carbocycles. The molecule has 0 aromatic carbocycles. The highest BCUT2D eigenvalue weighted by Crippen LogP contribution is 2.02. The predicted molar refractivity (Wildman–Crippen MR) is 61.6 cm³/mol. The predicted octanol–water partition coefficient (Wildman–Crippen LogP) is 1.70. The molecule has 0 bridgehead atoms. The minimum Gasteiger partial charge on any atom is -0.462 e. The van der Waals surface area contributed by atoms with Crippen molar-refractivity contribution in [3.8, 4) is 0 Å². The Balaban J connectivity index is 0.000000241. The Labute approximate surface area is 91.2 Å². The van der Waals surface area contributed by atoms with E-state index >= 15 is 0 Å². The Morgan fingerprint density at radius 1 is 1.36 bits per heavy atom. The summed E-state index contributed by atoms with van der Waals surface area (Å²) in [6.45, 7) is 8.11. The summed E-state index contributed by atoms with van der Waals surface area (Å²) in [6, 6.07) is 0. The molecule has 0 aromatic rings. The molecule has 0 radical (unpaired) electrons. The summed E-state index contributed by atoms with van der Waals surface area (Å²) in [6.07, 6.45) is 2.21. The van der Waals surface area contributed by atoms with E-state index in [1.54, 1.807) is 0 Å². The summed E-state index contributed by atoms with van der Waals surface area (Å²) in [4.78, 5) is 10.8. The Morgan fingerprint density at radius 2 is 1.86 bits per heavy atom. The highest BCUT2D eigenvalue weighted by Gasteiger charge is 2.07. The summed E-state index contributed by atoms with van der Waals surface area (Å²) in [5.74, 6) is 0. The average Bonchev–Trinajstić information content (AvgIpc) is 2.04. The van der Waals surface area contributed by atoms with Gasteiger partial charge in [-0.15, -0.1) is 0 Å². The fraction of sp³-hybridized carbons (Fsp3) is 0.800. The van der Waals surface area contributed by atoms with Crippen molar-refractivity contribution in [3.63, 3.8) is 0 Å². The molecule has 1 aliphatic heterocycles. The Morgan fingerprint density at radius 3 is 2.00 bits per heavy atom. The normalized spacial score (nSPS) is 16.6. The summed E-state index contributed by atoms with van der Waals surface area (Å²) in [5, 5.41) is 3.23. The number of carbonyl (C=O) groups is 1. The fourth-order valence-electron chi connectivity index (χ4n) is 0.850. The van der Waals surface area contributed by atoms with Crippen molar-refractivity contribution in [2.24, 2.45) is 0 Å². The summed E-state index contributed by atoms with van der Waals surface area (Å²) >= 11 is 4.97. The number of hydrogen-bond acceptors (Lipinski definition) is 4. The van der Waals surface area contributed by atoms with Gasteiger partial charge in [0.05, 0.1) is 0 Å². The minimum atomic E-state index is -0.318. The maximum absolute atomic E-state index is 9.60. The van der Waals surface area contributed by atoms with E-state index in [1.807, 2.05) is 20.8 Å². The minimum absolute atomic E-state index is 0.318. The molecule has 14 heavy (non-hydrogen) atoms. The quantitative estimate of drug-likeness (QED) is 0.536. The van der Waals surface area contributed by atoms with Gasteiger partial charge in [0.25, 0.3) is 6.47 Å². The molecule has 1 rings (SSSR count). The second kappa shape index (κ2) is 6.90. The molecule has 0 aliphatic carbocycles. The maximum Gasteiger partial charge on any atom is 0.293 e. The van der Waals surface area contributed by atoms with Crippen LogP contribution < -0.4 is 5.32 Å². The van der Waals surface area contributed by atoms with E-state index in [0.29, 0.717) is 6.47 Å². The van der Waals surface area contributed by atoms with Crippen LogP contribution in [0.1, 0.15) is 33.6 Å². The lowest BCUT2D eigenvalue weighted by Crippen LogP contribution is -2.26. The Hall–Kier alpha value is -0.480. The van der Waals surface area contributed by atoms with E-state index in [1.165, 1.54) is 4.86 Å². The van der Waals surface area contributed by atoms with Gasteiger partial charge in [0.15, 0.2) is 0 Å². The van der Waals surface area contributed by atoms with E-state index in [2.05, 4.69) is 10.1 Å². The Kier molecular flexibility index (Phi) is 6.66. The molecule has 1 fully saturated rings. The molecule has 4 heteroatoms. The van der Waals surface area contributed by atoms with Crippen molar-refractivity contribution in [3.05, 3.63) is 0 Å². The Bertz CT molecular complexity index is 179. The second-order valence-electron chi connectivity index (χ2n) is 4.12. The fourth-order valence-corrected chi connectivity index (χ4v) is 1.05. The molecule has 82 valence electrons. The van der Waals surface area contributed by atoms with Crippen LogP contribution in [0.25, 0.3) is 0 Å². The van der Waals surface area contributed by atoms with Gasteiger partial charge in [0, 0.05) is 0 Å². The molecule has 3 nitrogen and oxygen atoms in total. The number of ether oxygens (including phenoxy) is 1. The van der Waals surface area contributed by atoms with Crippen LogP contribution in [0.4, 0.5) is 0 Å². The number of nitrogens with one attached hydrogen (secondary N) is 1. The molecule has 1 heterocycles. The van der Waals surface area contributed by atoms with Crippen LogP contribution in [0.3, 0.4) is 0 Å². The van der Waals surface area contributed by atoms with Crippen molar-refractivity contribution in [2.45, 2.75) is 39.2 Å². The average molecular weight is 217 g/mol. The van der Waals surface area contributed by atoms with Crippen molar-refractivity contribution < 1.29 is 9.53 Å². The highest BCUT2D eigenvalue weighted by molar-refractivity contribution is 7.80. The number of piperidine rings is 1. The molecule has 0 spiro atoms. The van der Waals surface area contributed by atoms with E-state index < -0.39 is 0 Å². The van der Waals surface area contributed by atoms with Gasteiger partial charge in [-0.05, 0) is 51.6 Å². The van der Waals surface area contributed by atoms with Gasteiger partial charge in [-0.3, -0.25) is 4.79 Å². The second-order valence-corrected chi connectivity index (χ2v) is 4.69. The third kappa shape index (κ3) is 9.61. The van der Waals surface area contributed by atoms with Crippen molar-refractivity contribution in [1.29, 1.82) is 0 Å². The van der Waals surface area contributed by atoms with Gasteiger partial charge in [-0.1, -0.05) is 12.2 Å². The van der Waals surface area contributed by atoms with Crippen molar-refractivity contribution >= 4 is 23.6 Å². The first-order valence-corrected chi connectivity index (χ1v) is 5.20. The van der Waals surface area contributed by atoms with Crippen LogP contribution >= 0.6 is 12.2 Å². The SMILES string of the molecule is CC(C)(C)OC=O.S=C1CCNCC1. The first-order valence-electron chi connectivity index (χ1n) is 4.79. The van der Waals surface area contributed by atoms with E-state index in [-0.39, 0.29) is 5.60 Å². The number of hydrogen-bond donors (Lipinski definition) is 1. The standard InChI is InChI=1S/C5H9NS.C5H10O2/c7-5-1-3-6-4-2-5;1-5(2,3)7-4-6/h6H,1-4H2;4H,1-3H3. The molecular weight excluding hydrogens is 198 g/mol. The van der Waals surface area contributed by atoms with Crippen molar-refractivity contribution in [2.75, 3.05) is 13.1 Å². The first kappa shape index (κ1) is 13.5. The van der Waals surface area contributed by atoms with Gasteiger partial charge in [0.1, 0.15) is 5.60 Å². The number of carbonyl (C=O) groups excluding carboxylic acids is 1. The van der Waals surface area contributed by atoms with Gasteiger partial charge in [-0.2, -0.15) is 0 Å². The zero-order valence-corrected chi connectivity index (χ0v) is 9.95. The van der Waals surface area contributed by atoms with Gasteiger partial charge in [0.2, 0.25) is 0 Å². The summed E-state index contributed by atoms with van der Waals surface area (Å²) < 4.78 is 4.55. The zero-order chi connectivity index (χ0) is 11.0. The van der Waals surface area contributed by atoms with Crippen LogP contribution in [-0.2, 0) is 9.53 Å². The lowest BCUT2D eigenvalue weighted by atomic mass is 10.2. The maximum atomic E-state index is 9.60. The molecule has 1 saturated heterocycles. The van der Waals surface area contributed by atoms with Crippen LogP contribution in [0.5, 0.6) is 0 Å². The largest absolute Gasteiger partial charge is 0.462 e. The smallest absolute Gasteiger partial charge is 0.293 e. The molecule has 0 atom stereocenters. The third-order valence-corrected chi connectivity index (χ3v) is 1.97. The third-order valence-electron chi connectivity index (χ3n) is 1.56. The first-order chi connectivity index (χ1) is 6.45. The van der Waals surface area contributed by atoms with Crippen LogP contribution in [0.2, 0.25) is 0 Å². The zero-order valence-electron chi connectivity index (χ0n) is 9.13. The van der Waals surface area contributed by atoms with Crippen LogP contribution in [0, 0.1) is 0 Å². The van der Waals surface area contributed by atoms with E-state index in [0.717, 1.165) is 25.9 Å². The number of rotatable bonds is 1. The van der Waals surface area contributed by atoms with E-state index in [9.17, 15) is 4.79 Å². The van der Waals surface area contributed by atoms with Crippen LogP contribution in [-0.4, -0.2) is 30.0 Å². The monoisotopic (exact) mass is 217 g/mol. The molecular formula is C10H19NO2S. The van der Waals surface area contributed by atoms with Gasteiger partial charge in [-0.25, -0.2) is 0 Å². The summed E-state index contributed by atoms with van der Waals surface area (Å²) in [7, 11) is 0. The number of thiocarbonyl (C=S) groups is 1. The summed E-state index contributed by atoms with van der Waals surface area (Å²) in [5.41, 5.74) is -0.318. The highest BCUT2D eigenvalue weighted by atomic mass is 32.1. The topological polar surface area (TPSA) is 38.3 Å². The molecule has 0 amide bonds. The van der Waals surface area contributed by atoms with Crippen LogP contribution in [0.15, 0.2) is 0 Å². The molecule has 0 unspecified atom stereocenters.